The lowest BCUT2D eigenvalue weighted by Crippen LogP contribution is -2.29. The molecule has 0 aliphatic carbocycles. The number of nitro groups is 1. The minimum atomic E-state index is -0.430. The number of thiocarbonyl (C=S) groups is 1. The van der Waals surface area contributed by atoms with Crippen LogP contribution in [0.4, 0.5) is 11.4 Å². The second kappa shape index (κ2) is 9.67. The van der Waals surface area contributed by atoms with Gasteiger partial charge in [-0.2, -0.15) is 0 Å². The molecule has 2 atom stereocenters. The zero-order valence-electron chi connectivity index (χ0n) is 19.5. The van der Waals surface area contributed by atoms with Crippen molar-refractivity contribution >= 4 is 28.7 Å². The summed E-state index contributed by atoms with van der Waals surface area (Å²) in [6.45, 7) is 0. The topological polar surface area (TPSA) is 103 Å². The van der Waals surface area contributed by atoms with E-state index in [1.165, 1.54) is 12.1 Å². The van der Waals surface area contributed by atoms with Crippen LogP contribution in [-0.4, -0.2) is 29.2 Å². The quantitative estimate of drug-likeness (QED) is 0.201. The maximum Gasteiger partial charge on any atom is 0.269 e. The molecule has 0 spiro atoms. The number of hydrogen-bond acceptors (Lipinski definition) is 7. The number of rotatable bonds is 7. The number of benzene rings is 2. The molecule has 4 aromatic rings. The summed E-state index contributed by atoms with van der Waals surface area (Å²) in [5.74, 6) is 2.47. The molecule has 1 saturated heterocycles. The van der Waals surface area contributed by atoms with E-state index in [1.807, 2.05) is 47.4 Å². The Kier molecular flexibility index (Phi) is 6.26. The second-order valence-corrected chi connectivity index (χ2v) is 8.43. The summed E-state index contributed by atoms with van der Waals surface area (Å²) < 4.78 is 17.3. The van der Waals surface area contributed by atoms with Crippen molar-refractivity contribution in [1.29, 1.82) is 0 Å². The maximum atomic E-state index is 11.0. The summed E-state index contributed by atoms with van der Waals surface area (Å²) in [4.78, 5) is 17.1. The molecule has 1 aliphatic rings. The van der Waals surface area contributed by atoms with Gasteiger partial charge in [-0.3, -0.25) is 15.1 Å². The van der Waals surface area contributed by atoms with Gasteiger partial charge in [0.2, 0.25) is 0 Å². The highest BCUT2D eigenvalue weighted by Gasteiger charge is 2.43. The van der Waals surface area contributed by atoms with Crippen molar-refractivity contribution in [3.8, 4) is 22.8 Å². The third-order valence-electron chi connectivity index (χ3n) is 6.03. The fraction of sp³-hybridized carbons (Fsp3) is 0.154. The third-order valence-corrected chi connectivity index (χ3v) is 6.34. The largest absolute Gasteiger partial charge is 0.497 e. The first kappa shape index (κ1) is 23.3. The van der Waals surface area contributed by atoms with Gasteiger partial charge in [-0.1, -0.05) is 6.07 Å². The van der Waals surface area contributed by atoms with Gasteiger partial charge in [-0.25, -0.2) is 0 Å². The molecule has 0 radical (unpaired) electrons. The molecule has 1 N–H and O–H groups in total. The Morgan fingerprint density at radius 1 is 1.06 bits per heavy atom. The van der Waals surface area contributed by atoms with E-state index in [0.717, 1.165) is 16.9 Å². The Morgan fingerprint density at radius 3 is 2.53 bits per heavy atom. The average molecular weight is 503 g/mol. The molecule has 1 aliphatic heterocycles. The molecule has 5 rings (SSSR count). The monoisotopic (exact) mass is 502 g/mol. The molecule has 0 bridgehead atoms. The molecule has 1 fully saturated rings. The Labute approximate surface area is 212 Å². The number of aromatic nitrogens is 1. The Bertz CT molecular complexity index is 1410. The van der Waals surface area contributed by atoms with Crippen LogP contribution < -0.4 is 19.7 Å². The van der Waals surface area contributed by atoms with Gasteiger partial charge >= 0.3 is 0 Å². The highest BCUT2D eigenvalue weighted by molar-refractivity contribution is 7.80. The van der Waals surface area contributed by atoms with Gasteiger partial charge in [0.15, 0.2) is 5.11 Å². The average Bonchev–Trinajstić information content (AvgIpc) is 3.53. The van der Waals surface area contributed by atoms with E-state index in [2.05, 4.69) is 10.3 Å². The van der Waals surface area contributed by atoms with Gasteiger partial charge in [0, 0.05) is 30.0 Å². The Hall–Kier alpha value is -4.44. The van der Waals surface area contributed by atoms with Crippen LogP contribution in [0, 0.1) is 10.1 Å². The lowest BCUT2D eigenvalue weighted by molar-refractivity contribution is -0.384. The first-order valence-corrected chi connectivity index (χ1v) is 11.5. The number of furan rings is 1. The van der Waals surface area contributed by atoms with Crippen LogP contribution >= 0.6 is 12.2 Å². The summed E-state index contributed by atoms with van der Waals surface area (Å²) in [6.07, 6.45) is 1.73. The minimum Gasteiger partial charge on any atom is -0.497 e. The lowest BCUT2D eigenvalue weighted by Gasteiger charge is -2.27. The summed E-state index contributed by atoms with van der Waals surface area (Å²) in [6, 6.07) is 20.5. The minimum absolute atomic E-state index is 0.0175. The van der Waals surface area contributed by atoms with E-state index in [-0.39, 0.29) is 17.8 Å². The van der Waals surface area contributed by atoms with Crippen molar-refractivity contribution in [3.63, 3.8) is 0 Å². The number of methoxy groups -OCH3 is 2. The van der Waals surface area contributed by atoms with Gasteiger partial charge in [0.25, 0.3) is 5.69 Å². The molecule has 2 aromatic carbocycles. The highest BCUT2D eigenvalue weighted by atomic mass is 32.1. The standard InChI is InChI=1S/C26H22N4O5S/c1-33-18-10-11-20(23(15-18)34-2)29-25(24(28-26(29)36)19-5-3-4-14-27-19)22-13-12-21(35-22)16-6-8-17(9-7-16)30(31)32/h3-15,24-25H,1-2H3,(H,28,36)/t24-,25-/m1/s1. The van der Waals surface area contributed by atoms with Crippen molar-refractivity contribution in [2.75, 3.05) is 19.1 Å². The number of non-ortho nitro benzene ring substituents is 1. The Balaban J connectivity index is 1.59. The van der Waals surface area contributed by atoms with Crippen molar-refractivity contribution in [2.45, 2.75) is 12.1 Å². The van der Waals surface area contributed by atoms with Crippen LogP contribution in [0.5, 0.6) is 11.5 Å². The van der Waals surface area contributed by atoms with Gasteiger partial charge in [0.05, 0.1) is 36.6 Å². The smallest absolute Gasteiger partial charge is 0.269 e. The molecule has 2 aromatic heterocycles. The summed E-state index contributed by atoms with van der Waals surface area (Å²) >= 11 is 5.78. The van der Waals surface area contributed by atoms with Crippen LogP contribution in [0.1, 0.15) is 23.5 Å². The number of ether oxygens (including phenoxy) is 2. The van der Waals surface area contributed by atoms with Crippen molar-refractivity contribution < 1.29 is 18.8 Å². The van der Waals surface area contributed by atoms with Crippen LogP contribution in [0.3, 0.4) is 0 Å². The fourth-order valence-electron chi connectivity index (χ4n) is 4.30. The molecule has 3 heterocycles. The first-order chi connectivity index (χ1) is 17.5. The van der Waals surface area contributed by atoms with Crippen LogP contribution in [0.25, 0.3) is 11.3 Å². The van der Waals surface area contributed by atoms with E-state index < -0.39 is 4.92 Å². The van der Waals surface area contributed by atoms with Crippen LogP contribution in [0.15, 0.2) is 83.4 Å². The summed E-state index contributed by atoms with van der Waals surface area (Å²) in [7, 11) is 3.19. The molecule has 9 nitrogen and oxygen atoms in total. The highest BCUT2D eigenvalue weighted by Crippen LogP contribution is 2.46. The number of nitro benzene ring substituents is 1. The van der Waals surface area contributed by atoms with Crippen LogP contribution in [0.2, 0.25) is 0 Å². The SMILES string of the molecule is COc1ccc(N2C(=S)N[C@H](c3ccccn3)[C@H]2c2ccc(-c3ccc([N+](=O)[O-])cc3)o2)c(OC)c1. The second-order valence-electron chi connectivity index (χ2n) is 8.04. The molecular weight excluding hydrogens is 480 g/mol. The zero-order valence-corrected chi connectivity index (χ0v) is 20.3. The number of nitrogens with zero attached hydrogens (tertiary/aromatic N) is 3. The number of nitrogens with one attached hydrogen (secondary N) is 1. The molecule has 0 unspecified atom stereocenters. The fourth-order valence-corrected chi connectivity index (χ4v) is 4.64. The molecule has 36 heavy (non-hydrogen) atoms. The number of hydrogen-bond donors (Lipinski definition) is 1. The predicted molar refractivity (Wildman–Crippen MR) is 138 cm³/mol. The van der Waals surface area contributed by atoms with Crippen molar-refractivity contribution in [2.24, 2.45) is 0 Å². The zero-order chi connectivity index (χ0) is 25.2. The summed E-state index contributed by atoms with van der Waals surface area (Å²) in [5.41, 5.74) is 2.29. The number of pyridine rings is 1. The van der Waals surface area contributed by atoms with Crippen molar-refractivity contribution in [1.82, 2.24) is 10.3 Å². The van der Waals surface area contributed by atoms with Crippen LogP contribution in [-0.2, 0) is 0 Å². The molecule has 0 saturated carbocycles. The van der Waals surface area contributed by atoms with Gasteiger partial charge in [0.1, 0.15) is 29.1 Å². The molecule has 182 valence electrons. The molecule has 0 amide bonds. The summed E-state index contributed by atoms with van der Waals surface area (Å²) in [5, 5.41) is 14.9. The van der Waals surface area contributed by atoms with Gasteiger partial charge < -0.3 is 24.1 Å². The first-order valence-electron chi connectivity index (χ1n) is 11.1. The predicted octanol–water partition coefficient (Wildman–Crippen LogP) is 5.44. The molecule has 10 heteroatoms. The van der Waals surface area contributed by atoms with E-state index in [1.54, 1.807) is 38.6 Å². The van der Waals surface area contributed by atoms with E-state index in [0.29, 0.717) is 28.1 Å². The normalized spacial score (nSPS) is 17.1. The van der Waals surface area contributed by atoms with E-state index in [9.17, 15) is 10.1 Å². The van der Waals surface area contributed by atoms with E-state index in [4.69, 9.17) is 26.1 Å². The lowest BCUT2D eigenvalue weighted by atomic mass is 10.0. The van der Waals surface area contributed by atoms with Crippen molar-refractivity contribution in [3.05, 3.63) is 101 Å². The van der Waals surface area contributed by atoms with Gasteiger partial charge in [-0.15, -0.1) is 0 Å². The third kappa shape index (κ3) is 4.22. The molecular formula is C26H22N4O5S. The Morgan fingerprint density at radius 2 is 1.86 bits per heavy atom. The maximum absolute atomic E-state index is 11.0. The van der Waals surface area contributed by atoms with Gasteiger partial charge in [-0.05, 0) is 60.7 Å². The number of anilines is 1. The van der Waals surface area contributed by atoms with E-state index >= 15 is 0 Å².